The molecule has 4 rings (SSSR count). The van der Waals surface area contributed by atoms with Crippen LogP contribution >= 0.6 is 0 Å². The van der Waals surface area contributed by atoms with E-state index in [4.69, 9.17) is 14.2 Å². The Bertz CT molecular complexity index is 1720. The van der Waals surface area contributed by atoms with Crippen molar-refractivity contribution in [3.63, 3.8) is 0 Å². The van der Waals surface area contributed by atoms with Crippen LogP contribution in [-0.2, 0) is 49.9 Å². The molecule has 0 saturated heterocycles. The Balaban J connectivity index is 1.33. The van der Waals surface area contributed by atoms with Gasteiger partial charge in [-0.2, -0.15) is 0 Å². The third-order valence-electron chi connectivity index (χ3n) is 8.81. The molecule has 0 unspecified atom stereocenters. The Hall–Kier alpha value is -5.51. The largest absolute Gasteiger partial charge is 0.489 e. The van der Waals surface area contributed by atoms with Crippen molar-refractivity contribution in [2.75, 3.05) is 19.8 Å². The van der Waals surface area contributed by atoms with Crippen molar-refractivity contribution >= 4 is 17.8 Å². The summed E-state index contributed by atoms with van der Waals surface area (Å²) in [4.78, 5) is 40.1. The van der Waals surface area contributed by atoms with E-state index in [9.17, 15) is 19.5 Å². The van der Waals surface area contributed by atoms with Crippen LogP contribution < -0.4 is 15.4 Å². The highest BCUT2D eigenvalue weighted by atomic mass is 16.5. The second-order valence-electron chi connectivity index (χ2n) is 13.2. The maximum Gasteiger partial charge on any atom is 0.309 e. The highest BCUT2D eigenvalue weighted by molar-refractivity contribution is 5.86. The van der Waals surface area contributed by atoms with Gasteiger partial charge in [0.15, 0.2) is 0 Å². The SMILES string of the molecule is C=CC[C@H](CC(=O)N[C@H](CO)Cc1ccc(OCc2ccccc2)cc1)C(=O)N[C@@H](COCc1ccccc1)COC(=O)[C@@H](CC=C)Cc1ccccc1. The first-order chi connectivity index (χ1) is 26.4. The Labute approximate surface area is 319 Å². The number of esters is 1. The smallest absolute Gasteiger partial charge is 0.309 e. The maximum atomic E-state index is 13.6. The Morgan fingerprint density at radius 3 is 1.78 bits per heavy atom. The third-order valence-corrected chi connectivity index (χ3v) is 8.81. The topological polar surface area (TPSA) is 123 Å². The van der Waals surface area contributed by atoms with Crippen LogP contribution in [0.3, 0.4) is 0 Å². The van der Waals surface area contributed by atoms with Crippen molar-refractivity contribution in [1.29, 1.82) is 0 Å². The van der Waals surface area contributed by atoms with E-state index < -0.39 is 35.8 Å². The Morgan fingerprint density at radius 1 is 0.630 bits per heavy atom. The predicted octanol–water partition coefficient (Wildman–Crippen LogP) is 6.55. The molecule has 0 heterocycles. The molecule has 54 heavy (non-hydrogen) atoms. The predicted molar refractivity (Wildman–Crippen MR) is 210 cm³/mol. The van der Waals surface area contributed by atoms with Crippen molar-refractivity contribution < 1.29 is 33.7 Å². The van der Waals surface area contributed by atoms with Crippen molar-refractivity contribution in [2.24, 2.45) is 11.8 Å². The summed E-state index contributed by atoms with van der Waals surface area (Å²) in [7, 11) is 0. The molecule has 0 bridgehead atoms. The highest BCUT2D eigenvalue weighted by Gasteiger charge is 2.27. The number of ether oxygens (including phenoxy) is 3. The molecule has 0 spiro atoms. The number of carbonyl (C=O) groups excluding carboxylic acids is 3. The average molecular weight is 733 g/mol. The van der Waals surface area contributed by atoms with E-state index in [1.807, 2.05) is 115 Å². The van der Waals surface area contributed by atoms with Crippen molar-refractivity contribution in [3.8, 4) is 5.75 Å². The van der Waals surface area contributed by atoms with Crippen LogP contribution in [0.25, 0.3) is 0 Å². The molecule has 0 aliphatic heterocycles. The van der Waals surface area contributed by atoms with Gasteiger partial charge in [0.05, 0.1) is 43.7 Å². The summed E-state index contributed by atoms with van der Waals surface area (Å²) in [6, 6.07) is 35.5. The minimum Gasteiger partial charge on any atom is -0.489 e. The van der Waals surface area contributed by atoms with Crippen molar-refractivity contribution in [3.05, 3.63) is 163 Å². The fourth-order valence-electron chi connectivity index (χ4n) is 5.91. The van der Waals surface area contributed by atoms with Gasteiger partial charge in [0.25, 0.3) is 0 Å². The minimum atomic E-state index is -0.748. The van der Waals surface area contributed by atoms with Gasteiger partial charge in [-0.3, -0.25) is 14.4 Å². The van der Waals surface area contributed by atoms with Crippen LogP contribution in [-0.4, -0.2) is 54.8 Å². The van der Waals surface area contributed by atoms with E-state index in [1.54, 1.807) is 12.2 Å². The Morgan fingerprint density at radius 2 is 1.19 bits per heavy atom. The molecule has 0 aliphatic carbocycles. The van der Waals surface area contributed by atoms with Crippen molar-refractivity contribution in [2.45, 2.75) is 57.4 Å². The minimum absolute atomic E-state index is 0.0778. The van der Waals surface area contributed by atoms with Crippen LogP contribution in [0.1, 0.15) is 41.5 Å². The molecule has 0 radical (unpaired) electrons. The van der Waals surface area contributed by atoms with Crippen LogP contribution in [0.5, 0.6) is 5.75 Å². The number of hydrogen-bond acceptors (Lipinski definition) is 7. The molecule has 9 heteroatoms. The molecule has 0 aromatic heterocycles. The number of allylic oxidation sites excluding steroid dienone is 2. The lowest BCUT2D eigenvalue weighted by molar-refractivity contribution is -0.150. The summed E-state index contributed by atoms with van der Waals surface area (Å²) >= 11 is 0. The van der Waals surface area contributed by atoms with Gasteiger partial charge in [-0.1, -0.05) is 115 Å². The summed E-state index contributed by atoms with van der Waals surface area (Å²) in [5.74, 6) is -1.64. The maximum absolute atomic E-state index is 13.6. The number of aliphatic hydroxyl groups excluding tert-OH is 1. The number of benzene rings is 4. The van der Waals surface area contributed by atoms with Gasteiger partial charge in [-0.25, -0.2) is 0 Å². The fourth-order valence-corrected chi connectivity index (χ4v) is 5.91. The van der Waals surface area contributed by atoms with E-state index in [1.165, 1.54) is 0 Å². The number of aliphatic hydroxyl groups is 1. The first kappa shape index (κ1) is 41.2. The second-order valence-corrected chi connectivity index (χ2v) is 13.2. The molecule has 284 valence electrons. The first-order valence-electron chi connectivity index (χ1n) is 18.4. The lowest BCUT2D eigenvalue weighted by atomic mass is 9.96. The monoisotopic (exact) mass is 732 g/mol. The fraction of sp³-hybridized carbons (Fsp3) is 0.311. The van der Waals surface area contributed by atoms with Gasteiger partial charge < -0.3 is 30.0 Å². The lowest BCUT2D eigenvalue weighted by Crippen LogP contribution is -2.46. The zero-order chi connectivity index (χ0) is 38.4. The van der Waals surface area contributed by atoms with Crippen LogP contribution in [0.2, 0.25) is 0 Å². The molecule has 2 amide bonds. The van der Waals surface area contributed by atoms with Gasteiger partial charge in [0, 0.05) is 6.42 Å². The number of nitrogens with one attached hydrogen (secondary N) is 2. The summed E-state index contributed by atoms with van der Waals surface area (Å²) in [5.41, 5.74) is 3.94. The molecule has 0 fully saturated rings. The molecule has 9 nitrogen and oxygen atoms in total. The number of hydrogen-bond donors (Lipinski definition) is 3. The quantitative estimate of drug-likeness (QED) is 0.0552. The summed E-state index contributed by atoms with van der Waals surface area (Å²) < 4.78 is 17.6. The summed E-state index contributed by atoms with van der Waals surface area (Å²) in [6.45, 7) is 8.04. The molecule has 4 atom stereocenters. The molecule has 3 N–H and O–H groups in total. The first-order valence-corrected chi connectivity index (χ1v) is 18.4. The zero-order valence-corrected chi connectivity index (χ0v) is 30.8. The molecule has 4 aromatic rings. The van der Waals surface area contributed by atoms with E-state index in [0.29, 0.717) is 38.2 Å². The highest BCUT2D eigenvalue weighted by Crippen LogP contribution is 2.18. The molecule has 0 aliphatic rings. The molecule has 0 saturated carbocycles. The van der Waals surface area contributed by atoms with Gasteiger partial charge in [-0.15, -0.1) is 13.2 Å². The number of amides is 2. The van der Waals surface area contributed by atoms with Gasteiger partial charge in [0.1, 0.15) is 19.0 Å². The molecular weight excluding hydrogens is 681 g/mol. The van der Waals surface area contributed by atoms with Crippen LogP contribution in [0.4, 0.5) is 0 Å². The third kappa shape index (κ3) is 14.8. The standard InChI is InChI=1S/C45H52N2O7/c1-3-14-38(28-43(49)46-40(29-48)27-35-22-24-42(25-23-35)53-31-37-20-12-7-13-21-37)44(50)47-41(32-52-30-36-18-10-6-11-19-36)33-54-45(51)39(15-4-2)26-34-16-8-5-9-17-34/h3-13,16-25,38-41,48H,1-2,14-15,26-33H2,(H,46,49)(H,47,50)/t38-,39+,40+,41+/m1/s1. The summed E-state index contributed by atoms with van der Waals surface area (Å²) in [6.07, 6.45) is 4.72. The average Bonchev–Trinajstić information content (AvgIpc) is 3.20. The lowest BCUT2D eigenvalue weighted by Gasteiger charge is -2.24. The normalized spacial score (nSPS) is 13.1. The number of rotatable bonds is 24. The number of carbonyl (C=O) groups is 3. The van der Waals surface area contributed by atoms with Crippen LogP contribution in [0.15, 0.2) is 141 Å². The second kappa shape index (κ2) is 23.2. The molecular formula is C45H52N2O7. The van der Waals surface area contributed by atoms with E-state index in [0.717, 1.165) is 22.3 Å². The van der Waals surface area contributed by atoms with E-state index in [-0.39, 0.29) is 38.6 Å². The van der Waals surface area contributed by atoms with E-state index >= 15 is 0 Å². The van der Waals surface area contributed by atoms with Gasteiger partial charge in [-0.05, 0) is 60.1 Å². The van der Waals surface area contributed by atoms with Gasteiger partial charge >= 0.3 is 5.97 Å². The van der Waals surface area contributed by atoms with Gasteiger partial charge in [0.2, 0.25) is 11.8 Å². The summed E-state index contributed by atoms with van der Waals surface area (Å²) in [5, 5.41) is 15.9. The van der Waals surface area contributed by atoms with Crippen LogP contribution in [0, 0.1) is 11.8 Å². The van der Waals surface area contributed by atoms with E-state index in [2.05, 4.69) is 23.8 Å². The molecule has 4 aromatic carbocycles. The Kier molecular flexibility index (Phi) is 17.7. The zero-order valence-electron chi connectivity index (χ0n) is 30.8. The van der Waals surface area contributed by atoms with Crippen molar-refractivity contribution in [1.82, 2.24) is 10.6 Å².